The average Bonchev–Trinajstić information content (AvgIpc) is 3.36. The molecule has 0 bridgehead atoms. The lowest BCUT2D eigenvalue weighted by molar-refractivity contribution is 0.0853. The van der Waals surface area contributed by atoms with Crippen LogP contribution in [0.2, 0.25) is 0 Å². The Kier molecular flexibility index (Phi) is 4.42. The summed E-state index contributed by atoms with van der Waals surface area (Å²) in [5.74, 6) is 0.680. The Labute approximate surface area is 149 Å². The van der Waals surface area contributed by atoms with E-state index in [-0.39, 0.29) is 12.0 Å². The number of nitrogens with one attached hydrogen (secondary N) is 1. The Balaban J connectivity index is 1.56. The van der Waals surface area contributed by atoms with Gasteiger partial charge in [0.1, 0.15) is 11.4 Å². The summed E-state index contributed by atoms with van der Waals surface area (Å²) in [5.41, 5.74) is 2.37. The lowest BCUT2D eigenvalue weighted by Crippen LogP contribution is -2.32. The van der Waals surface area contributed by atoms with Crippen LogP contribution in [0.3, 0.4) is 0 Å². The second-order valence-corrected chi connectivity index (χ2v) is 6.81. The van der Waals surface area contributed by atoms with Gasteiger partial charge in [0.05, 0.1) is 18.9 Å². The van der Waals surface area contributed by atoms with E-state index in [0.29, 0.717) is 12.2 Å². The van der Waals surface area contributed by atoms with Crippen molar-refractivity contribution in [2.24, 2.45) is 0 Å². The second kappa shape index (κ2) is 6.85. The van der Waals surface area contributed by atoms with Crippen LogP contribution in [-0.2, 0) is 4.74 Å². The molecule has 1 amide bonds. The van der Waals surface area contributed by atoms with Gasteiger partial charge in [-0.15, -0.1) is 11.3 Å². The number of rotatable bonds is 5. The molecule has 3 heterocycles. The first-order valence-corrected chi connectivity index (χ1v) is 9.13. The van der Waals surface area contributed by atoms with E-state index in [1.165, 1.54) is 11.3 Å². The molecule has 1 aromatic carbocycles. The number of amides is 1. The zero-order chi connectivity index (χ0) is 17.2. The van der Waals surface area contributed by atoms with Crippen molar-refractivity contribution in [1.29, 1.82) is 0 Å². The zero-order valence-electron chi connectivity index (χ0n) is 13.9. The monoisotopic (exact) mass is 357 g/mol. The number of carbonyl (C=O) groups excluding carboxylic acids is 1. The van der Waals surface area contributed by atoms with Gasteiger partial charge in [-0.1, -0.05) is 12.1 Å². The van der Waals surface area contributed by atoms with Crippen molar-refractivity contribution in [2.75, 3.05) is 20.3 Å². The van der Waals surface area contributed by atoms with Crippen LogP contribution < -0.4 is 10.1 Å². The molecule has 3 aromatic rings. The molecule has 0 aliphatic carbocycles. The minimum Gasteiger partial charge on any atom is -0.497 e. The van der Waals surface area contributed by atoms with Crippen molar-refractivity contribution in [3.05, 3.63) is 41.5 Å². The fourth-order valence-electron chi connectivity index (χ4n) is 2.97. The highest BCUT2D eigenvalue weighted by atomic mass is 32.1. The summed E-state index contributed by atoms with van der Waals surface area (Å²) in [7, 11) is 1.64. The molecular formula is C18H19N3O3S. The van der Waals surface area contributed by atoms with Gasteiger partial charge in [-0.3, -0.25) is 9.20 Å². The third-order valence-electron chi connectivity index (χ3n) is 4.32. The number of fused-ring (bicyclic) bond motifs is 1. The molecule has 0 spiro atoms. The van der Waals surface area contributed by atoms with Crippen LogP contribution in [0, 0.1) is 0 Å². The normalized spacial score (nSPS) is 17.1. The highest BCUT2D eigenvalue weighted by Gasteiger charge is 2.19. The number of imidazole rings is 1. The van der Waals surface area contributed by atoms with Crippen molar-refractivity contribution in [3.63, 3.8) is 0 Å². The largest absolute Gasteiger partial charge is 0.497 e. The molecule has 6 nitrogen and oxygen atoms in total. The van der Waals surface area contributed by atoms with Gasteiger partial charge in [-0.25, -0.2) is 4.98 Å². The van der Waals surface area contributed by atoms with E-state index in [9.17, 15) is 4.79 Å². The summed E-state index contributed by atoms with van der Waals surface area (Å²) < 4.78 is 12.7. The summed E-state index contributed by atoms with van der Waals surface area (Å²) in [6.07, 6.45) is 4.09. The molecule has 0 radical (unpaired) electrons. The zero-order valence-corrected chi connectivity index (χ0v) is 14.7. The molecule has 130 valence electrons. The molecule has 1 N–H and O–H groups in total. The number of benzene rings is 1. The summed E-state index contributed by atoms with van der Waals surface area (Å²) >= 11 is 1.45. The molecular weight excluding hydrogens is 338 g/mol. The van der Waals surface area contributed by atoms with Gasteiger partial charge in [0.15, 0.2) is 4.96 Å². The van der Waals surface area contributed by atoms with Crippen LogP contribution >= 0.6 is 11.3 Å². The van der Waals surface area contributed by atoms with E-state index < -0.39 is 0 Å². The van der Waals surface area contributed by atoms with Crippen molar-refractivity contribution >= 4 is 22.2 Å². The fourth-order valence-corrected chi connectivity index (χ4v) is 3.82. The van der Waals surface area contributed by atoms with Crippen LogP contribution in [0.25, 0.3) is 16.2 Å². The molecule has 1 atom stereocenters. The lowest BCUT2D eigenvalue weighted by Gasteiger charge is -2.10. The van der Waals surface area contributed by atoms with Crippen molar-refractivity contribution in [1.82, 2.24) is 14.7 Å². The Morgan fingerprint density at radius 2 is 2.44 bits per heavy atom. The Morgan fingerprint density at radius 3 is 3.24 bits per heavy atom. The number of ether oxygens (including phenoxy) is 2. The topological polar surface area (TPSA) is 64.9 Å². The average molecular weight is 357 g/mol. The van der Waals surface area contributed by atoms with E-state index in [0.717, 1.165) is 41.4 Å². The Hall–Kier alpha value is -2.38. The molecule has 4 rings (SSSR count). The summed E-state index contributed by atoms with van der Waals surface area (Å²) in [5, 5.41) is 4.80. The van der Waals surface area contributed by atoms with E-state index in [2.05, 4.69) is 10.3 Å². The summed E-state index contributed by atoms with van der Waals surface area (Å²) in [6.45, 7) is 1.34. The number of aromatic nitrogens is 2. The maximum atomic E-state index is 12.5. The van der Waals surface area contributed by atoms with Crippen LogP contribution in [-0.4, -0.2) is 41.7 Å². The van der Waals surface area contributed by atoms with Gasteiger partial charge in [0.25, 0.3) is 5.91 Å². The van der Waals surface area contributed by atoms with Crippen LogP contribution in [0.5, 0.6) is 5.75 Å². The smallest absolute Gasteiger partial charge is 0.269 e. The highest BCUT2D eigenvalue weighted by molar-refractivity contribution is 7.15. The second-order valence-electron chi connectivity index (χ2n) is 5.98. The highest BCUT2D eigenvalue weighted by Crippen LogP contribution is 2.26. The van der Waals surface area contributed by atoms with Gasteiger partial charge >= 0.3 is 0 Å². The molecule has 1 aliphatic heterocycles. The third-order valence-corrected chi connectivity index (χ3v) is 5.16. The number of methoxy groups -OCH3 is 1. The summed E-state index contributed by atoms with van der Waals surface area (Å²) in [4.78, 5) is 17.9. The van der Waals surface area contributed by atoms with Gasteiger partial charge < -0.3 is 14.8 Å². The lowest BCUT2D eigenvalue weighted by atomic mass is 10.1. The Bertz CT molecular complexity index is 896. The van der Waals surface area contributed by atoms with E-state index in [1.807, 2.05) is 40.2 Å². The van der Waals surface area contributed by atoms with Gasteiger partial charge in [0.2, 0.25) is 0 Å². The fraction of sp³-hybridized carbons (Fsp3) is 0.333. The van der Waals surface area contributed by atoms with Gasteiger partial charge in [-0.05, 0) is 25.0 Å². The molecule has 25 heavy (non-hydrogen) atoms. The Morgan fingerprint density at radius 1 is 1.52 bits per heavy atom. The molecule has 2 aromatic heterocycles. The van der Waals surface area contributed by atoms with Gasteiger partial charge in [0, 0.05) is 30.3 Å². The number of hydrogen-bond donors (Lipinski definition) is 1. The first-order valence-electron chi connectivity index (χ1n) is 8.25. The van der Waals surface area contributed by atoms with Crippen LogP contribution in [0.4, 0.5) is 0 Å². The van der Waals surface area contributed by atoms with E-state index in [4.69, 9.17) is 9.47 Å². The molecule has 7 heteroatoms. The van der Waals surface area contributed by atoms with Crippen molar-refractivity contribution in [2.45, 2.75) is 18.9 Å². The van der Waals surface area contributed by atoms with Crippen LogP contribution in [0.1, 0.15) is 23.3 Å². The van der Waals surface area contributed by atoms with Gasteiger partial charge in [-0.2, -0.15) is 0 Å². The van der Waals surface area contributed by atoms with Crippen molar-refractivity contribution < 1.29 is 14.3 Å². The molecule has 1 unspecified atom stereocenters. The number of nitrogens with zero attached hydrogens (tertiary/aromatic N) is 2. The SMILES string of the molecule is COc1cccc(-c2cn3c(C(=O)NCC4CCCO4)csc3n2)c1. The van der Waals surface area contributed by atoms with E-state index >= 15 is 0 Å². The third kappa shape index (κ3) is 3.25. The predicted octanol–water partition coefficient (Wildman–Crippen LogP) is 2.98. The molecule has 1 fully saturated rings. The molecule has 0 saturated carbocycles. The first kappa shape index (κ1) is 16.1. The minimum atomic E-state index is -0.101. The predicted molar refractivity (Wildman–Crippen MR) is 96.4 cm³/mol. The number of carbonyl (C=O) groups is 1. The minimum absolute atomic E-state index is 0.101. The molecule has 1 saturated heterocycles. The quantitative estimate of drug-likeness (QED) is 0.762. The van der Waals surface area contributed by atoms with E-state index in [1.54, 1.807) is 7.11 Å². The number of hydrogen-bond acceptors (Lipinski definition) is 5. The molecule has 1 aliphatic rings. The standard InChI is InChI=1S/C18H19N3O3S/c1-23-13-5-2-4-12(8-13)15-10-21-16(11-25-18(21)20-15)17(22)19-9-14-6-3-7-24-14/h2,4-5,8,10-11,14H,3,6-7,9H2,1H3,(H,19,22). The van der Waals surface area contributed by atoms with Crippen molar-refractivity contribution in [3.8, 4) is 17.0 Å². The summed E-state index contributed by atoms with van der Waals surface area (Å²) in [6, 6.07) is 7.73. The van der Waals surface area contributed by atoms with Crippen LogP contribution in [0.15, 0.2) is 35.8 Å². The maximum Gasteiger partial charge on any atom is 0.269 e. The first-order chi connectivity index (χ1) is 12.2. The maximum absolute atomic E-state index is 12.5. The number of thiazole rings is 1.